The lowest BCUT2D eigenvalue weighted by molar-refractivity contribution is 0.150. The maximum Gasteiger partial charge on any atom is 0.150 e. The van der Waals surface area contributed by atoms with E-state index in [0.29, 0.717) is 6.54 Å². The molecule has 0 fully saturated rings. The maximum atomic E-state index is 10.2. The monoisotopic (exact) mass is 245 g/mol. The van der Waals surface area contributed by atoms with Gasteiger partial charge in [-0.3, -0.25) is 0 Å². The predicted octanol–water partition coefficient (Wildman–Crippen LogP) is 2.14. The average molecular weight is 245 g/mol. The van der Waals surface area contributed by atoms with Gasteiger partial charge in [0.2, 0.25) is 0 Å². The molecule has 4 nitrogen and oxygen atoms in total. The zero-order chi connectivity index (χ0) is 13.0. The molecule has 1 N–H and O–H groups in total. The Hall–Kier alpha value is -1.68. The number of hydrogen-bond donors (Lipinski definition) is 1. The highest BCUT2D eigenvalue weighted by Crippen LogP contribution is 2.15. The highest BCUT2D eigenvalue weighted by Gasteiger charge is 2.13. The Bertz CT molecular complexity index is 493. The molecule has 18 heavy (non-hydrogen) atoms. The van der Waals surface area contributed by atoms with Crippen molar-refractivity contribution < 1.29 is 5.11 Å². The van der Waals surface area contributed by atoms with Gasteiger partial charge in [0, 0.05) is 12.8 Å². The lowest BCUT2D eigenvalue weighted by Crippen LogP contribution is -2.12. The number of aryl methyl sites for hydroxylation is 2. The molecule has 1 aromatic carbocycles. The Labute approximate surface area is 107 Å². The number of aliphatic hydroxyl groups is 1. The fourth-order valence-electron chi connectivity index (χ4n) is 1.93. The molecule has 96 valence electrons. The smallest absolute Gasteiger partial charge is 0.150 e. The molecule has 0 radical (unpaired) electrons. The third-order valence-corrected chi connectivity index (χ3v) is 2.95. The number of nitrogens with zero attached hydrogens (tertiary/aromatic N) is 3. The van der Waals surface area contributed by atoms with Crippen LogP contribution in [0.1, 0.15) is 37.2 Å². The van der Waals surface area contributed by atoms with Crippen LogP contribution in [-0.2, 0) is 19.4 Å². The van der Waals surface area contributed by atoms with E-state index in [-0.39, 0.29) is 0 Å². The van der Waals surface area contributed by atoms with Gasteiger partial charge in [-0.15, -0.1) is 0 Å². The van der Waals surface area contributed by atoms with E-state index >= 15 is 0 Å². The van der Waals surface area contributed by atoms with E-state index in [1.807, 2.05) is 41.9 Å². The van der Waals surface area contributed by atoms with E-state index in [1.165, 1.54) is 0 Å². The van der Waals surface area contributed by atoms with E-state index in [1.54, 1.807) is 0 Å². The van der Waals surface area contributed by atoms with Crippen molar-refractivity contribution in [2.75, 3.05) is 0 Å². The van der Waals surface area contributed by atoms with Crippen LogP contribution in [0.15, 0.2) is 30.3 Å². The Morgan fingerprint density at radius 1 is 1.17 bits per heavy atom. The van der Waals surface area contributed by atoms with Gasteiger partial charge in [0.25, 0.3) is 0 Å². The molecule has 0 bridgehead atoms. The van der Waals surface area contributed by atoms with Gasteiger partial charge in [0.1, 0.15) is 5.82 Å². The molecule has 0 saturated heterocycles. The molecule has 0 aliphatic carbocycles. The maximum absolute atomic E-state index is 10.2. The molecule has 2 aromatic rings. The van der Waals surface area contributed by atoms with Gasteiger partial charge in [-0.25, -0.2) is 9.67 Å². The number of benzene rings is 1. The molecule has 2 rings (SSSR count). The lowest BCUT2D eigenvalue weighted by atomic mass is 10.1. The summed E-state index contributed by atoms with van der Waals surface area (Å²) in [5.41, 5.74) is 0.910. The molecule has 1 heterocycles. The standard InChI is InChI=1S/C14H19N3O/c1-3-13-15-14(4-2)17(16-13)10-12(18)11-8-6-5-7-9-11/h5-9,12,18H,3-4,10H2,1-2H3. The Balaban J connectivity index is 2.16. The molecule has 1 aromatic heterocycles. The van der Waals surface area contributed by atoms with Gasteiger partial charge in [-0.05, 0) is 5.56 Å². The SMILES string of the molecule is CCc1nc(CC)n(CC(O)c2ccccc2)n1. The van der Waals surface area contributed by atoms with Crippen LogP contribution in [0.25, 0.3) is 0 Å². The summed E-state index contributed by atoms with van der Waals surface area (Å²) in [4.78, 5) is 4.43. The second-order valence-corrected chi connectivity index (χ2v) is 4.26. The van der Waals surface area contributed by atoms with Crippen LogP contribution in [0.2, 0.25) is 0 Å². The van der Waals surface area contributed by atoms with Crippen molar-refractivity contribution in [2.45, 2.75) is 39.3 Å². The molecule has 0 aliphatic rings. The summed E-state index contributed by atoms with van der Waals surface area (Å²) >= 11 is 0. The number of rotatable bonds is 5. The summed E-state index contributed by atoms with van der Waals surface area (Å²) in [7, 11) is 0. The van der Waals surface area contributed by atoms with Crippen LogP contribution in [0.4, 0.5) is 0 Å². The highest BCUT2D eigenvalue weighted by atomic mass is 16.3. The first-order chi connectivity index (χ1) is 8.74. The van der Waals surface area contributed by atoms with Crippen molar-refractivity contribution >= 4 is 0 Å². The quantitative estimate of drug-likeness (QED) is 0.878. The van der Waals surface area contributed by atoms with Gasteiger partial charge in [-0.1, -0.05) is 44.2 Å². The minimum atomic E-state index is -0.539. The summed E-state index contributed by atoms with van der Waals surface area (Å²) in [5.74, 6) is 1.77. The predicted molar refractivity (Wildman–Crippen MR) is 70.2 cm³/mol. The lowest BCUT2D eigenvalue weighted by Gasteiger charge is -2.12. The van der Waals surface area contributed by atoms with Crippen LogP contribution in [0.5, 0.6) is 0 Å². The minimum absolute atomic E-state index is 0.459. The largest absolute Gasteiger partial charge is 0.386 e. The molecular weight excluding hydrogens is 226 g/mol. The van der Waals surface area contributed by atoms with E-state index in [0.717, 1.165) is 30.1 Å². The Morgan fingerprint density at radius 2 is 1.89 bits per heavy atom. The average Bonchev–Trinajstić information content (AvgIpc) is 2.82. The zero-order valence-corrected chi connectivity index (χ0v) is 10.9. The first kappa shape index (κ1) is 12.8. The summed E-state index contributed by atoms with van der Waals surface area (Å²) < 4.78 is 1.82. The third-order valence-electron chi connectivity index (χ3n) is 2.95. The normalized spacial score (nSPS) is 12.6. The molecule has 0 saturated carbocycles. The van der Waals surface area contributed by atoms with Crippen LogP contribution in [-0.4, -0.2) is 19.9 Å². The molecule has 0 amide bonds. The molecule has 0 aliphatic heterocycles. The fourth-order valence-corrected chi connectivity index (χ4v) is 1.93. The molecule has 0 spiro atoms. The zero-order valence-electron chi connectivity index (χ0n) is 10.9. The van der Waals surface area contributed by atoms with Gasteiger partial charge in [0.15, 0.2) is 5.82 Å². The third kappa shape index (κ3) is 2.76. The van der Waals surface area contributed by atoms with Crippen molar-refractivity contribution in [2.24, 2.45) is 0 Å². The van der Waals surface area contributed by atoms with E-state index in [9.17, 15) is 5.11 Å². The summed E-state index contributed by atoms with van der Waals surface area (Å²) in [6.45, 7) is 4.54. The van der Waals surface area contributed by atoms with E-state index in [2.05, 4.69) is 17.0 Å². The van der Waals surface area contributed by atoms with Gasteiger partial charge < -0.3 is 5.11 Å². The van der Waals surface area contributed by atoms with Crippen molar-refractivity contribution in [1.82, 2.24) is 14.8 Å². The van der Waals surface area contributed by atoms with Crippen molar-refractivity contribution in [3.8, 4) is 0 Å². The summed E-state index contributed by atoms with van der Waals surface area (Å²) in [5, 5.41) is 14.6. The van der Waals surface area contributed by atoms with Crippen molar-refractivity contribution in [3.05, 3.63) is 47.5 Å². The van der Waals surface area contributed by atoms with Crippen molar-refractivity contribution in [1.29, 1.82) is 0 Å². The fraction of sp³-hybridized carbons (Fsp3) is 0.429. The number of hydrogen-bond acceptors (Lipinski definition) is 3. The molecular formula is C14H19N3O. The minimum Gasteiger partial charge on any atom is -0.386 e. The number of aromatic nitrogens is 3. The summed E-state index contributed by atoms with van der Waals surface area (Å²) in [6, 6.07) is 9.65. The molecule has 1 unspecified atom stereocenters. The Kier molecular flexibility index (Phi) is 4.10. The highest BCUT2D eigenvalue weighted by molar-refractivity contribution is 5.17. The van der Waals surface area contributed by atoms with Crippen LogP contribution in [0, 0.1) is 0 Å². The topological polar surface area (TPSA) is 50.9 Å². The second-order valence-electron chi connectivity index (χ2n) is 4.26. The Morgan fingerprint density at radius 3 is 2.50 bits per heavy atom. The van der Waals surface area contributed by atoms with Gasteiger partial charge in [-0.2, -0.15) is 5.10 Å². The molecule has 4 heteroatoms. The van der Waals surface area contributed by atoms with E-state index < -0.39 is 6.10 Å². The number of aliphatic hydroxyl groups excluding tert-OH is 1. The van der Waals surface area contributed by atoms with E-state index in [4.69, 9.17) is 0 Å². The first-order valence-corrected chi connectivity index (χ1v) is 6.40. The molecule has 1 atom stereocenters. The first-order valence-electron chi connectivity index (χ1n) is 6.40. The summed E-state index contributed by atoms with van der Waals surface area (Å²) in [6.07, 6.45) is 1.11. The van der Waals surface area contributed by atoms with Gasteiger partial charge >= 0.3 is 0 Å². The van der Waals surface area contributed by atoms with Crippen LogP contribution < -0.4 is 0 Å². The van der Waals surface area contributed by atoms with Crippen LogP contribution >= 0.6 is 0 Å². The van der Waals surface area contributed by atoms with Crippen LogP contribution in [0.3, 0.4) is 0 Å². The van der Waals surface area contributed by atoms with Crippen molar-refractivity contribution in [3.63, 3.8) is 0 Å². The van der Waals surface area contributed by atoms with Gasteiger partial charge in [0.05, 0.1) is 12.6 Å². The second kappa shape index (κ2) is 5.78.